The fraction of sp³-hybridized carbons (Fsp3) is 0.455. The van der Waals surface area contributed by atoms with E-state index in [9.17, 15) is 4.79 Å². The fourth-order valence-corrected chi connectivity index (χ4v) is 2.33. The zero-order valence-electron chi connectivity index (χ0n) is 8.69. The highest BCUT2D eigenvalue weighted by Gasteiger charge is 2.32. The molecule has 1 aliphatic rings. The van der Waals surface area contributed by atoms with Gasteiger partial charge in [0.15, 0.2) is 0 Å². The highest BCUT2D eigenvalue weighted by atomic mass is 127. The molecular formula is C11H13IN2O2. The summed E-state index contributed by atoms with van der Waals surface area (Å²) in [5.41, 5.74) is 0. The van der Waals surface area contributed by atoms with Crippen LogP contribution in [0.5, 0.6) is 0 Å². The molecule has 0 spiro atoms. The van der Waals surface area contributed by atoms with E-state index in [4.69, 9.17) is 10.4 Å². The summed E-state index contributed by atoms with van der Waals surface area (Å²) in [5.74, 6) is 0.152. The third-order valence-electron chi connectivity index (χ3n) is 2.47. The number of halogens is 1. The van der Waals surface area contributed by atoms with Crippen molar-refractivity contribution >= 4 is 28.7 Å². The highest BCUT2D eigenvalue weighted by Crippen LogP contribution is 2.35. The van der Waals surface area contributed by atoms with Gasteiger partial charge in [0.05, 0.1) is 6.07 Å². The lowest BCUT2D eigenvalue weighted by Gasteiger charge is -2.26. The number of amides is 1. The van der Waals surface area contributed by atoms with E-state index in [0.29, 0.717) is 6.54 Å². The fourth-order valence-electron chi connectivity index (χ4n) is 1.60. The summed E-state index contributed by atoms with van der Waals surface area (Å²) < 4.78 is -0.490. The minimum Gasteiger partial charge on any atom is -0.465 e. The first kappa shape index (κ1) is 13.0. The maximum Gasteiger partial charge on any atom is 0.404 e. The normalized spacial score (nSPS) is 27.4. The Morgan fingerprint density at radius 1 is 1.62 bits per heavy atom. The van der Waals surface area contributed by atoms with E-state index in [2.05, 4.69) is 34.0 Å². The van der Waals surface area contributed by atoms with Crippen molar-refractivity contribution in [2.75, 3.05) is 6.54 Å². The van der Waals surface area contributed by atoms with Gasteiger partial charge in [0.1, 0.15) is 3.42 Å². The first-order valence-electron chi connectivity index (χ1n) is 5.01. The van der Waals surface area contributed by atoms with Crippen molar-refractivity contribution in [1.82, 2.24) is 5.32 Å². The zero-order chi connectivity index (χ0) is 12.0. The van der Waals surface area contributed by atoms with Gasteiger partial charge in [-0.05, 0) is 12.8 Å². The molecule has 0 saturated carbocycles. The topological polar surface area (TPSA) is 73.1 Å². The number of nitriles is 1. The molecule has 16 heavy (non-hydrogen) atoms. The summed E-state index contributed by atoms with van der Waals surface area (Å²) >= 11 is 2.15. The Kier molecular flexibility index (Phi) is 4.80. The second kappa shape index (κ2) is 5.89. The van der Waals surface area contributed by atoms with Gasteiger partial charge >= 0.3 is 6.09 Å². The highest BCUT2D eigenvalue weighted by molar-refractivity contribution is 14.1. The lowest BCUT2D eigenvalue weighted by Crippen LogP contribution is -2.29. The third-order valence-corrected chi connectivity index (χ3v) is 3.87. The van der Waals surface area contributed by atoms with Gasteiger partial charge in [0.25, 0.3) is 0 Å². The zero-order valence-corrected chi connectivity index (χ0v) is 10.8. The van der Waals surface area contributed by atoms with Crippen LogP contribution in [-0.2, 0) is 0 Å². The number of carboxylic acid groups (broad SMARTS) is 1. The van der Waals surface area contributed by atoms with Gasteiger partial charge in [-0.2, -0.15) is 5.26 Å². The maximum absolute atomic E-state index is 10.2. The van der Waals surface area contributed by atoms with Gasteiger partial charge in [-0.3, -0.25) is 0 Å². The molecule has 1 aliphatic carbocycles. The minimum atomic E-state index is -1.000. The molecule has 1 amide bonds. The van der Waals surface area contributed by atoms with E-state index in [0.717, 1.165) is 12.8 Å². The second-order valence-electron chi connectivity index (χ2n) is 3.60. The quantitative estimate of drug-likeness (QED) is 0.472. The molecule has 0 aromatic heterocycles. The molecule has 0 aromatic carbocycles. The van der Waals surface area contributed by atoms with Crippen LogP contribution in [0.3, 0.4) is 0 Å². The van der Waals surface area contributed by atoms with Crippen molar-refractivity contribution in [2.45, 2.75) is 16.3 Å². The molecule has 0 fully saturated rings. The second-order valence-corrected chi connectivity index (χ2v) is 5.39. The lowest BCUT2D eigenvalue weighted by atomic mass is 9.86. The van der Waals surface area contributed by atoms with Crippen LogP contribution in [0.2, 0.25) is 0 Å². The molecule has 2 unspecified atom stereocenters. The standard InChI is InChI=1S/C11H13IN2O2/c12-11(8-13)6-2-1-4-9(11)5-3-7-14-10(15)16/h1-2,4,6,9,14H,3,5,7H2,(H,15,16). The molecule has 2 atom stereocenters. The molecule has 5 heteroatoms. The SMILES string of the molecule is N#CC1(I)C=CC=CC1CCCNC(=O)O. The lowest BCUT2D eigenvalue weighted by molar-refractivity contribution is 0.194. The van der Waals surface area contributed by atoms with Crippen molar-refractivity contribution in [2.24, 2.45) is 5.92 Å². The molecule has 1 rings (SSSR count). The Labute approximate surface area is 108 Å². The van der Waals surface area contributed by atoms with Crippen LogP contribution in [0, 0.1) is 17.2 Å². The smallest absolute Gasteiger partial charge is 0.404 e. The number of nitrogens with zero attached hydrogens (tertiary/aromatic N) is 1. The van der Waals surface area contributed by atoms with Crippen LogP contribution in [-0.4, -0.2) is 21.2 Å². The first-order chi connectivity index (χ1) is 7.58. The molecular weight excluding hydrogens is 319 g/mol. The van der Waals surface area contributed by atoms with Gasteiger partial charge in [-0.15, -0.1) is 0 Å². The van der Waals surface area contributed by atoms with Crippen molar-refractivity contribution in [3.8, 4) is 6.07 Å². The number of rotatable bonds is 4. The molecule has 0 saturated heterocycles. The van der Waals surface area contributed by atoms with Gasteiger partial charge in [0, 0.05) is 12.5 Å². The number of hydrogen-bond acceptors (Lipinski definition) is 2. The number of hydrogen-bond donors (Lipinski definition) is 2. The predicted molar refractivity (Wildman–Crippen MR) is 69.4 cm³/mol. The van der Waals surface area contributed by atoms with E-state index >= 15 is 0 Å². The van der Waals surface area contributed by atoms with Crippen LogP contribution >= 0.6 is 22.6 Å². The van der Waals surface area contributed by atoms with Crippen LogP contribution < -0.4 is 5.32 Å². The average Bonchev–Trinajstić information content (AvgIpc) is 2.26. The molecule has 0 aromatic rings. The summed E-state index contributed by atoms with van der Waals surface area (Å²) in [6.07, 6.45) is 8.25. The first-order valence-corrected chi connectivity index (χ1v) is 6.09. The molecule has 0 radical (unpaired) electrons. The van der Waals surface area contributed by atoms with Crippen molar-refractivity contribution in [3.63, 3.8) is 0 Å². The summed E-state index contributed by atoms with van der Waals surface area (Å²) in [7, 11) is 0. The largest absolute Gasteiger partial charge is 0.465 e. The van der Waals surface area contributed by atoms with Crippen molar-refractivity contribution in [3.05, 3.63) is 24.3 Å². The predicted octanol–water partition coefficient (Wildman–Crippen LogP) is 2.47. The molecule has 86 valence electrons. The summed E-state index contributed by atoms with van der Waals surface area (Å²) in [6.45, 7) is 0.432. The Hall–Kier alpha value is -1.03. The Morgan fingerprint density at radius 2 is 2.38 bits per heavy atom. The molecule has 4 nitrogen and oxygen atoms in total. The number of allylic oxidation sites excluding steroid dienone is 4. The molecule has 0 heterocycles. The summed E-state index contributed by atoms with van der Waals surface area (Å²) in [5, 5.41) is 19.8. The van der Waals surface area contributed by atoms with E-state index in [1.807, 2.05) is 24.3 Å². The monoisotopic (exact) mass is 332 g/mol. The van der Waals surface area contributed by atoms with E-state index in [1.54, 1.807) is 0 Å². The molecule has 2 N–H and O–H groups in total. The number of nitrogens with one attached hydrogen (secondary N) is 1. The Morgan fingerprint density at radius 3 is 3.00 bits per heavy atom. The van der Waals surface area contributed by atoms with Crippen LogP contribution in [0.25, 0.3) is 0 Å². The Bertz CT molecular complexity index is 359. The molecule has 0 aliphatic heterocycles. The van der Waals surface area contributed by atoms with E-state index in [-0.39, 0.29) is 5.92 Å². The summed E-state index contributed by atoms with van der Waals surface area (Å²) in [4.78, 5) is 10.2. The molecule has 0 bridgehead atoms. The average molecular weight is 332 g/mol. The minimum absolute atomic E-state index is 0.152. The number of carbonyl (C=O) groups is 1. The van der Waals surface area contributed by atoms with Crippen molar-refractivity contribution in [1.29, 1.82) is 5.26 Å². The van der Waals surface area contributed by atoms with Crippen molar-refractivity contribution < 1.29 is 9.90 Å². The van der Waals surface area contributed by atoms with Gasteiger partial charge in [0.2, 0.25) is 0 Å². The van der Waals surface area contributed by atoms with E-state index < -0.39 is 9.51 Å². The Balaban J connectivity index is 2.42. The number of alkyl halides is 1. The van der Waals surface area contributed by atoms with Gasteiger partial charge in [-0.1, -0.05) is 46.9 Å². The van der Waals surface area contributed by atoms with Gasteiger partial charge < -0.3 is 10.4 Å². The maximum atomic E-state index is 10.2. The van der Waals surface area contributed by atoms with Crippen LogP contribution in [0.1, 0.15) is 12.8 Å². The van der Waals surface area contributed by atoms with E-state index in [1.165, 1.54) is 0 Å². The summed E-state index contributed by atoms with van der Waals surface area (Å²) in [6, 6.07) is 2.29. The van der Waals surface area contributed by atoms with Gasteiger partial charge in [-0.25, -0.2) is 4.79 Å². The van der Waals surface area contributed by atoms with Crippen LogP contribution in [0.15, 0.2) is 24.3 Å². The van der Waals surface area contributed by atoms with Crippen LogP contribution in [0.4, 0.5) is 4.79 Å². The third kappa shape index (κ3) is 3.52.